The quantitative estimate of drug-likeness (QED) is 0.456. The molecule has 4 nitrogen and oxygen atoms in total. The molecule has 0 unspecified atom stereocenters. The van der Waals surface area contributed by atoms with Crippen LogP contribution in [0.2, 0.25) is 0 Å². The molecule has 0 radical (unpaired) electrons. The first-order chi connectivity index (χ1) is 9.79. The van der Waals surface area contributed by atoms with Crippen molar-refractivity contribution in [3.05, 3.63) is 35.9 Å². The van der Waals surface area contributed by atoms with E-state index in [1.165, 1.54) is 7.11 Å². The van der Waals surface area contributed by atoms with Crippen molar-refractivity contribution in [3.63, 3.8) is 0 Å². The SMILES string of the molecule is COC(=O)C1CCC(OCOCc2ccccc2)CC1. The maximum Gasteiger partial charge on any atom is 0.308 e. The van der Waals surface area contributed by atoms with Gasteiger partial charge in [0.2, 0.25) is 0 Å². The molecule has 1 saturated carbocycles. The van der Waals surface area contributed by atoms with Crippen molar-refractivity contribution in [3.8, 4) is 0 Å². The van der Waals surface area contributed by atoms with Gasteiger partial charge in [0.15, 0.2) is 0 Å². The molecule has 1 aliphatic carbocycles. The molecule has 1 fully saturated rings. The van der Waals surface area contributed by atoms with E-state index in [0.717, 1.165) is 31.2 Å². The Morgan fingerprint density at radius 1 is 1.15 bits per heavy atom. The highest BCUT2D eigenvalue weighted by Gasteiger charge is 2.27. The third kappa shape index (κ3) is 4.62. The standard InChI is InChI=1S/C16H22O4/c1-18-16(17)14-7-9-15(10-8-14)20-12-19-11-13-5-3-2-4-6-13/h2-6,14-15H,7-12H2,1H3. The predicted molar refractivity (Wildman–Crippen MR) is 74.9 cm³/mol. The molecule has 0 heterocycles. The summed E-state index contributed by atoms with van der Waals surface area (Å²) in [6, 6.07) is 10.0. The van der Waals surface area contributed by atoms with Crippen molar-refractivity contribution in [2.45, 2.75) is 38.4 Å². The van der Waals surface area contributed by atoms with Crippen molar-refractivity contribution in [1.82, 2.24) is 0 Å². The van der Waals surface area contributed by atoms with Crippen molar-refractivity contribution < 1.29 is 19.0 Å². The average Bonchev–Trinajstić information content (AvgIpc) is 2.52. The highest BCUT2D eigenvalue weighted by atomic mass is 16.7. The smallest absolute Gasteiger partial charge is 0.308 e. The molecule has 20 heavy (non-hydrogen) atoms. The fourth-order valence-electron chi connectivity index (χ4n) is 2.51. The van der Waals surface area contributed by atoms with E-state index in [2.05, 4.69) is 0 Å². The monoisotopic (exact) mass is 278 g/mol. The molecule has 0 aliphatic heterocycles. The highest BCUT2D eigenvalue weighted by Crippen LogP contribution is 2.27. The zero-order valence-electron chi connectivity index (χ0n) is 11.9. The Hall–Kier alpha value is -1.39. The predicted octanol–water partition coefficient (Wildman–Crippen LogP) is 2.91. The molecule has 0 aromatic heterocycles. The minimum absolute atomic E-state index is 0.0464. The number of ether oxygens (including phenoxy) is 3. The minimum atomic E-state index is -0.0937. The van der Waals surface area contributed by atoms with E-state index in [1.807, 2.05) is 30.3 Å². The summed E-state index contributed by atoms with van der Waals surface area (Å²) in [5, 5.41) is 0. The summed E-state index contributed by atoms with van der Waals surface area (Å²) in [6.07, 6.45) is 3.68. The van der Waals surface area contributed by atoms with E-state index in [1.54, 1.807) is 0 Å². The Morgan fingerprint density at radius 2 is 1.85 bits per heavy atom. The minimum Gasteiger partial charge on any atom is -0.469 e. The number of rotatable bonds is 6. The van der Waals surface area contributed by atoms with Crippen molar-refractivity contribution in [1.29, 1.82) is 0 Å². The number of hydrogen-bond acceptors (Lipinski definition) is 4. The van der Waals surface area contributed by atoms with Crippen molar-refractivity contribution in [2.75, 3.05) is 13.9 Å². The molecule has 2 rings (SSSR count). The van der Waals surface area contributed by atoms with Crippen molar-refractivity contribution in [2.24, 2.45) is 5.92 Å². The fourth-order valence-corrected chi connectivity index (χ4v) is 2.51. The van der Waals surface area contributed by atoms with E-state index in [-0.39, 0.29) is 18.0 Å². The van der Waals surface area contributed by atoms with Crippen LogP contribution in [0.25, 0.3) is 0 Å². The summed E-state index contributed by atoms with van der Waals surface area (Å²) in [4.78, 5) is 11.4. The third-order valence-corrected chi connectivity index (χ3v) is 3.71. The van der Waals surface area contributed by atoms with E-state index >= 15 is 0 Å². The first kappa shape index (κ1) is 15.0. The van der Waals surface area contributed by atoms with Gasteiger partial charge in [-0.2, -0.15) is 0 Å². The van der Waals surface area contributed by atoms with Crippen molar-refractivity contribution >= 4 is 5.97 Å². The largest absolute Gasteiger partial charge is 0.469 e. The Labute approximate surface area is 120 Å². The van der Waals surface area contributed by atoms with Crippen LogP contribution in [0.15, 0.2) is 30.3 Å². The first-order valence-electron chi connectivity index (χ1n) is 7.10. The lowest BCUT2D eigenvalue weighted by molar-refractivity contribution is -0.149. The Balaban J connectivity index is 1.58. The second kappa shape index (κ2) is 8.02. The van der Waals surface area contributed by atoms with Gasteiger partial charge in [-0.3, -0.25) is 4.79 Å². The normalized spacial score (nSPS) is 22.4. The van der Waals surface area contributed by atoms with Gasteiger partial charge in [0.05, 0.1) is 25.7 Å². The molecule has 0 spiro atoms. The van der Waals surface area contributed by atoms with Gasteiger partial charge >= 0.3 is 5.97 Å². The second-order valence-electron chi connectivity index (χ2n) is 5.12. The summed E-state index contributed by atoms with van der Waals surface area (Å²) >= 11 is 0. The summed E-state index contributed by atoms with van der Waals surface area (Å²) in [7, 11) is 1.45. The first-order valence-corrected chi connectivity index (χ1v) is 7.10. The van der Waals surface area contributed by atoms with E-state index < -0.39 is 0 Å². The molecule has 1 aliphatic rings. The number of benzene rings is 1. The second-order valence-corrected chi connectivity index (χ2v) is 5.12. The van der Waals surface area contributed by atoms with Gasteiger partial charge in [0.1, 0.15) is 6.79 Å². The van der Waals surface area contributed by atoms with Gasteiger partial charge < -0.3 is 14.2 Å². The van der Waals surface area contributed by atoms with Gasteiger partial charge in [-0.15, -0.1) is 0 Å². The van der Waals surface area contributed by atoms with Crippen LogP contribution in [0.4, 0.5) is 0 Å². The fraction of sp³-hybridized carbons (Fsp3) is 0.562. The molecule has 0 atom stereocenters. The number of methoxy groups -OCH3 is 1. The number of esters is 1. The Bertz CT molecular complexity index is 396. The maximum absolute atomic E-state index is 11.4. The van der Waals surface area contributed by atoms with Crippen LogP contribution in [0.1, 0.15) is 31.2 Å². The molecule has 0 N–H and O–H groups in total. The summed E-state index contributed by atoms with van der Waals surface area (Å²) in [5.41, 5.74) is 1.14. The number of carbonyl (C=O) groups is 1. The zero-order chi connectivity index (χ0) is 14.2. The van der Waals surface area contributed by atoms with Gasteiger partial charge in [-0.25, -0.2) is 0 Å². The van der Waals surface area contributed by atoms with Crippen LogP contribution in [0.3, 0.4) is 0 Å². The average molecular weight is 278 g/mol. The lowest BCUT2D eigenvalue weighted by Crippen LogP contribution is -2.27. The summed E-state index contributed by atoms with van der Waals surface area (Å²) in [5.74, 6) is -0.0473. The molecule has 1 aromatic carbocycles. The van der Waals surface area contributed by atoms with Crippen LogP contribution < -0.4 is 0 Å². The van der Waals surface area contributed by atoms with Gasteiger partial charge in [-0.1, -0.05) is 30.3 Å². The van der Waals surface area contributed by atoms with E-state index in [4.69, 9.17) is 14.2 Å². The molecular weight excluding hydrogens is 256 g/mol. The van der Waals surface area contributed by atoms with Crippen LogP contribution in [0.5, 0.6) is 0 Å². The molecule has 0 bridgehead atoms. The van der Waals surface area contributed by atoms with Crippen LogP contribution in [-0.2, 0) is 25.6 Å². The van der Waals surface area contributed by atoms with E-state index in [9.17, 15) is 4.79 Å². The molecule has 1 aromatic rings. The lowest BCUT2D eigenvalue weighted by Gasteiger charge is -2.26. The van der Waals surface area contributed by atoms with Crippen LogP contribution in [-0.4, -0.2) is 26.0 Å². The number of hydrogen-bond donors (Lipinski definition) is 0. The van der Waals surface area contributed by atoms with Gasteiger partial charge in [-0.05, 0) is 31.2 Å². The Morgan fingerprint density at radius 3 is 2.50 bits per heavy atom. The lowest BCUT2D eigenvalue weighted by atomic mass is 9.87. The van der Waals surface area contributed by atoms with Crippen LogP contribution >= 0.6 is 0 Å². The molecule has 110 valence electrons. The van der Waals surface area contributed by atoms with E-state index in [0.29, 0.717) is 13.4 Å². The molecular formula is C16H22O4. The molecule has 0 saturated heterocycles. The zero-order valence-corrected chi connectivity index (χ0v) is 11.9. The number of carbonyl (C=O) groups excluding carboxylic acids is 1. The summed E-state index contributed by atoms with van der Waals surface area (Å²) < 4.78 is 16.0. The topological polar surface area (TPSA) is 44.8 Å². The van der Waals surface area contributed by atoms with Crippen LogP contribution in [0, 0.1) is 5.92 Å². The Kier molecular flexibility index (Phi) is 6.02. The van der Waals surface area contributed by atoms with Gasteiger partial charge in [0.25, 0.3) is 0 Å². The molecule has 0 amide bonds. The third-order valence-electron chi connectivity index (χ3n) is 3.71. The van der Waals surface area contributed by atoms with Gasteiger partial charge in [0, 0.05) is 0 Å². The molecule has 4 heteroatoms. The maximum atomic E-state index is 11.4. The summed E-state index contributed by atoms with van der Waals surface area (Å²) in [6.45, 7) is 0.876. The highest BCUT2D eigenvalue weighted by molar-refractivity contribution is 5.72.